The molecule has 0 heterocycles. The Morgan fingerprint density at radius 2 is 1.75 bits per heavy atom. The van der Waals surface area contributed by atoms with E-state index in [2.05, 4.69) is 27.9 Å². The van der Waals surface area contributed by atoms with Crippen LogP contribution in [0.5, 0.6) is 5.75 Å². The molecule has 7 nitrogen and oxygen atoms in total. The first-order valence-corrected chi connectivity index (χ1v) is 14.2. The fourth-order valence-electron chi connectivity index (χ4n) is 4.76. The minimum atomic E-state index is -1.14. The van der Waals surface area contributed by atoms with Gasteiger partial charge >= 0.3 is 0 Å². The molecule has 1 aliphatic carbocycles. The number of para-hydroxylation sites is 1. The standard InChI is InChI=1S/C31H32FIN2O5/c32-24-10-6-9-22(17-24)13-15-35(29(37)18-21-7-2-1-3-8-21)26-19-23(31(39)34-14-16-36)20-28(30(26)38)40-27-12-5-4-11-25(27)33/h1-12,17,20,26,28,30,36,38H,13-16,18-19H2,(H,34,39)/t26-,28+,30+/m1/s1. The summed E-state index contributed by atoms with van der Waals surface area (Å²) < 4.78 is 20.9. The van der Waals surface area contributed by atoms with E-state index in [1.54, 1.807) is 29.2 Å². The highest BCUT2D eigenvalue weighted by atomic mass is 127. The molecule has 0 saturated carbocycles. The highest BCUT2D eigenvalue weighted by molar-refractivity contribution is 14.1. The van der Waals surface area contributed by atoms with Gasteiger partial charge in [-0.25, -0.2) is 4.39 Å². The molecule has 3 N–H and O–H groups in total. The van der Waals surface area contributed by atoms with E-state index in [-0.39, 0.29) is 44.3 Å². The molecule has 0 spiro atoms. The maximum absolute atomic E-state index is 13.9. The second kappa shape index (κ2) is 14.4. The average molecular weight is 659 g/mol. The number of aliphatic hydroxyl groups is 2. The lowest BCUT2D eigenvalue weighted by molar-refractivity contribution is -0.137. The summed E-state index contributed by atoms with van der Waals surface area (Å²) in [4.78, 5) is 28.3. The Bertz CT molecular complexity index is 1340. The lowest BCUT2D eigenvalue weighted by Crippen LogP contribution is -2.56. The van der Waals surface area contributed by atoms with Gasteiger partial charge in [-0.2, -0.15) is 0 Å². The lowest BCUT2D eigenvalue weighted by atomic mass is 9.87. The Morgan fingerprint density at radius 1 is 1.02 bits per heavy atom. The van der Waals surface area contributed by atoms with Crippen molar-refractivity contribution in [2.45, 2.75) is 37.5 Å². The maximum atomic E-state index is 13.9. The number of carbonyl (C=O) groups is 2. The zero-order valence-electron chi connectivity index (χ0n) is 21.9. The second-order valence-electron chi connectivity index (χ2n) is 9.58. The third kappa shape index (κ3) is 7.89. The molecule has 0 aliphatic heterocycles. The summed E-state index contributed by atoms with van der Waals surface area (Å²) in [5, 5.41) is 23.5. The molecule has 0 saturated heterocycles. The first kappa shape index (κ1) is 29.7. The minimum absolute atomic E-state index is 0.0712. The van der Waals surface area contributed by atoms with Gasteiger partial charge < -0.3 is 25.2 Å². The van der Waals surface area contributed by atoms with Crippen molar-refractivity contribution < 1.29 is 28.9 Å². The van der Waals surface area contributed by atoms with Crippen LogP contribution in [-0.2, 0) is 22.4 Å². The second-order valence-corrected chi connectivity index (χ2v) is 10.7. The van der Waals surface area contributed by atoms with Crippen LogP contribution in [0.15, 0.2) is 90.5 Å². The SMILES string of the molecule is O=C(NCCO)C1=C[C@H](Oc2ccccc2I)[C@@H](O)[C@H](N(CCc2cccc(F)c2)C(=O)Cc2ccccc2)C1. The van der Waals surface area contributed by atoms with Crippen LogP contribution < -0.4 is 10.1 Å². The molecule has 0 radical (unpaired) electrons. The first-order chi connectivity index (χ1) is 19.4. The Hall–Kier alpha value is -3.28. The summed E-state index contributed by atoms with van der Waals surface area (Å²) in [6.45, 7) is 0.0578. The van der Waals surface area contributed by atoms with Crippen LogP contribution in [0.3, 0.4) is 0 Å². The number of ether oxygens (including phenoxy) is 1. The van der Waals surface area contributed by atoms with Crippen molar-refractivity contribution in [3.8, 4) is 5.75 Å². The molecule has 0 bridgehead atoms. The largest absolute Gasteiger partial charge is 0.482 e. The first-order valence-electron chi connectivity index (χ1n) is 13.1. The van der Waals surface area contributed by atoms with Crippen LogP contribution in [0.4, 0.5) is 4.39 Å². The summed E-state index contributed by atoms with van der Waals surface area (Å²) >= 11 is 2.14. The van der Waals surface area contributed by atoms with Gasteiger partial charge in [0.05, 0.1) is 22.6 Å². The Kier molecular flexibility index (Phi) is 10.7. The van der Waals surface area contributed by atoms with E-state index in [4.69, 9.17) is 4.74 Å². The zero-order chi connectivity index (χ0) is 28.5. The van der Waals surface area contributed by atoms with E-state index in [9.17, 15) is 24.2 Å². The average Bonchev–Trinajstić information content (AvgIpc) is 2.95. The van der Waals surface area contributed by atoms with Crippen molar-refractivity contribution in [3.63, 3.8) is 0 Å². The molecule has 4 rings (SSSR count). The minimum Gasteiger partial charge on any atom is -0.482 e. The fourth-order valence-corrected chi connectivity index (χ4v) is 5.27. The van der Waals surface area contributed by atoms with Crippen molar-refractivity contribution in [1.29, 1.82) is 0 Å². The molecule has 1 aliphatic rings. The van der Waals surface area contributed by atoms with Crippen molar-refractivity contribution >= 4 is 34.4 Å². The summed E-state index contributed by atoms with van der Waals surface area (Å²) in [6, 6.07) is 22.0. The quantitative estimate of drug-likeness (QED) is 0.274. The van der Waals surface area contributed by atoms with Gasteiger partial charge in [-0.1, -0.05) is 54.6 Å². The van der Waals surface area contributed by atoms with E-state index in [1.165, 1.54) is 12.1 Å². The molecule has 3 atom stereocenters. The monoisotopic (exact) mass is 658 g/mol. The van der Waals surface area contributed by atoms with Gasteiger partial charge in [-0.15, -0.1) is 0 Å². The van der Waals surface area contributed by atoms with Crippen LogP contribution >= 0.6 is 22.6 Å². The molecule has 0 fully saturated rings. The highest BCUT2D eigenvalue weighted by Gasteiger charge is 2.40. The molecule has 210 valence electrons. The van der Waals surface area contributed by atoms with Crippen LogP contribution in [0, 0.1) is 9.39 Å². The van der Waals surface area contributed by atoms with Crippen molar-refractivity contribution in [2.24, 2.45) is 0 Å². The fraction of sp³-hybridized carbons (Fsp3) is 0.290. The topological polar surface area (TPSA) is 99.1 Å². The molecule has 3 aromatic rings. The summed E-state index contributed by atoms with van der Waals surface area (Å²) in [6.07, 6.45) is 0.0881. The number of halogens is 2. The van der Waals surface area contributed by atoms with Crippen LogP contribution in [-0.4, -0.2) is 64.9 Å². The number of carbonyl (C=O) groups excluding carboxylic acids is 2. The van der Waals surface area contributed by atoms with E-state index in [0.717, 1.165) is 9.13 Å². The molecule has 0 unspecified atom stereocenters. The van der Waals surface area contributed by atoms with Gasteiger partial charge in [0.15, 0.2) is 0 Å². The van der Waals surface area contributed by atoms with Gasteiger partial charge in [0.2, 0.25) is 11.8 Å². The number of aliphatic hydroxyl groups excluding tert-OH is 2. The van der Waals surface area contributed by atoms with Crippen LogP contribution in [0.1, 0.15) is 17.5 Å². The van der Waals surface area contributed by atoms with Crippen molar-refractivity contribution in [2.75, 3.05) is 19.7 Å². The zero-order valence-corrected chi connectivity index (χ0v) is 24.0. The third-order valence-electron chi connectivity index (χ3n) is 6.76. The molecule has 40 heavy (non-hydrogen) atoms. The third-order valence-corrected chi connectivity index (χ3v) is 7.65. The number of nitrogens with zero attached hydrogens (tertiary/aromatic N) is 1. The van der Waals surface area contributed by atoms with Gasteiger partial charge in [0.1, 0.15) is 23.8 Å². The molecule has 9 heteroatoms. The molecular formula is C31H32FIN2O5. The predicted octanol–water partition coefficient (Wildman–Crippen LogP) is 3.66. The van der Waals surface area contributed by atoms with E-state index >= 15 is 0 Å². The normalized spacial score (nSPS) is 18.5. The summed E-state index contributed by atoms with van der Waals surface area (Å²) in [5.74, 6) is -0.449. The number of hydrogen-bond acceptors (Lipinski definition) is 5. The van der Waals surface area contributed by atoms with Gasteiger partial charge in [-0.3, -0.25) is 9.59 Å². The molecule has 2 amide bonds. The number of amides is 2. The molecule has 0 aromatic heterocycles. The number of nitrogens with one attached hydrogen (secondary N) is 1. The van der Waals surface area contributed by atoms with Crippen LogP contribution in [0.25, 0.3) is 0 Å². The van der Waals surface area contributed by atoms with E-state index in [0.29, 0.717) is 23.3 Å². The summed E-state index contributed by atoms with van der Waals surface area (Å²) in [5.41, 5.74) is 1.88. The molecular weight excluding hydrogens is 626 g/mol. The van der Waals surface area contributed by atoms with Crippen LogP contribution in [0.2, 0.25) is 0 Å². The molecule has 3 aromatic carbocycles. The van der Waals surface area contributed by atoms with E-state index < -0.39 is 24.2 Å². The number of rotatable bonds is 11. The summed E-state index contributed by atoms with van der Waals surface area (Å²) in [7, 11) is 0. The Balaban J connectivity index is 1.66. The van der Waals surface area contributed by atoms with Gasteiger partial charge in [-0.05, 0) is 70.5 Å². The van der Waals surface area contributed by atoms with Gasteiger partial charge in [0, 0.05) is 25.1 Å². The van der Waals surface area contributed by atoms with Crippen molar-refractivity contribution in [3.05, 3.63) is 111 Å². The maximum Gasteiger partial charge on any atom is 0.247 e. The Morgan fingerprint density at radius 3 is 2.48 bits per heavy atom. The Labute approximate surface area is 246 Å². The van der Waals surface area contributed by atoms with Gasteiger partial charge in [0.25, 0.3) is 0 Å². The number of hydrogen-bond donors (Lipinski definition) is 3. The van der Waals surface area contributed by atoms with E-state index in [1.807, 2.05) is 48.5 Å². The lowest BCUT2D eigenvalue weighted by Gasteiger charge is -2.40. The number of benzene rings is 3. The smallest absolute Gasteiger partial charge is 0.247 e. The van der Waals surface area contributed by atoms with Crippen molar-refractivity contribution in [1.82, 2.24) is 10.2 Å². The predicted molar refractivity (Wildman–Crippen MR) is 158 cm³/mol. The highest BCUT2D eigenvalue weighted by Crippen LogP contribution is 2.30.